The van der Waals surface area contributed by atoms with Crippen molar-refractivity contribution in [1.82, 2.24) is 20.5 Å². The average Bonchev–Trinajstić information content (AvgIpc) is 2.82. The first-order chi connectivity index (χ1) is 7.66. The zero-order chi connectivity index (χ0) is 11.4. The van der Waals surface area contributed by atoms with E-state index in [2.05, 4.69) is 34.3 Å². The lowest BCUT2D eigenvalue weighted by atomic mass is 9.92. The number of nitrogens with zero attached hydrogens (tertiary/aromatic N) is 2. The molecule has 0 saturated heterocycles. The molecule has 2 N–H and O–H groups in total. The minimum absolute atomic E-state index is 0.544. The zero-order valence-corrected chi connectivity index (χ0v) is 10.3. The molecule has 0 amide bonds. The minimum atomic E-state index is 0.544. The topological polar surface area (TPSA) is 53.6 Å². The first-order valence-electron chi connectivity index (χ1n) is 6.23. The third-order valence-corrected chi connectivity index (χ3v) is 3.46. The highest BCUT2D eigenvalue weighted by molar-refractivity contribution is 4.86. The highest BCUT2D eigenvalue weighted by Crippen LogP contribution is 2.36. The van der Waals surface area contributed by atoms with Gasteiger partial charge in [-0.15, -0.1) is 0 Å². The van der Waals surface area contributed by atoms with Crippen molar-refractivity contribution in [3.05, 3.63) is 12.2 Å². The largest absolute Gasteiger partial charge is 0.314 e. The van der Waals surface area contributed by atoms with Crippen LogP contribution in [-0.4, -0.2) is 27.8 Å². The molecule has 1 aliphatic carbocycles. The minimum Gasteiger partial charge on any atom is -0.314 e. The maximum atomic E-state index is 4.11. The van der Waals surface area contributed by atoms with Gasteiger partial charge in [0.05, 0.1) is 0 Å². The van der Waals surface area contributed by atoms with Crippen molar-refractivity contribution in [3.8, 4) is 0 Å². The Labute approximate surface area is 97.2 Å². The Morgan fingerprint density at radius 2 is 2.44 bits per heavy atom. The molecule has 1 fully saturated rings. The zero-order valence-electron chi connectivity index (χ0n) is 10.3. The second-order valence-corrected chi connectivity index (χ2v) is 5.59. The molecular formula is C12H22N4. The van der Waals surface area contributed by atoms with Gasteiger partial charge in [-0.25, -0.2) is 4.98 Å². The molecule has 0 aliphatic heterocycles. The van der Waals surface area contributed by atoms with Crippen LogP contribution in [0.2, 0.25) is 0 Å². The van der Waals surface area contributed by atoms with E-state index in [4.69, 9.17) is 0 Å². The molecule has 1 saturated carbocycles. The Kier molecular flexibility index (Phi) is 3.59. The Bertz CT molecular complexity index is 305. The summed E-state index contributed by atoms with van der Waals surface area (Å²) in [7, 11) is 0. The van der Waals surface area contributed by atoms with Crippen LogP contribution < -0.4 is 5.32 Å². The number of aromatic nitrogens is 3. The van der Waals surface area contributed by atoms with Gasteiger partial charge in [-0.2, -0.15) is 5.10 Å². The monoisotopic (exact) mass is 222 g/mol. The van der Waals surface area contributed by atoms with E-state index in [-0.39, 0.29) is 0 Å². The third kappa shape index (κ3) is 3.30. The van der Waals surface area contributed by atoms with Crippen LogP contribution in [0.25, 0.3) is 0 Å². The molecule has 1 aromatic rings. The molecule has 4 heteroatoms. The number of hydrogen-bond acceptors (Lipinski definition) is 3. The molecule has 2 rings (SSSR count). The number of aryl methyl sites for hydroxylation is 1. The van der Waals surface area contributed by atoms with E-state index in [1.165, 1.54) is 19.3 Å². The van der Waals surface area contributed by atoms with Gasteiger partial charge in [0, 0.05) is 12.5 Å². The lowest BCUT2D eigenvalue weighted by molar-refractivity contribution is 0.364. The van der Waals surface area contributed by atoms with Crippen LogP contribution in [-0.2, 0) is 6.42 Å². The van der Waals surface area contributed by atoms with Crippen molar-refractivity contribution in [2.24, 2.45) is 5.41 Å². The summed E-state index contributed by atoms with van der Waals surface area (Å²) in [4.78, 5) is 4.11. The molecule has 4 nitrogen and oxygen atoms in total. The summed E-state index contributed by atoms with van der Waals surface area (Å²) in [6.07, 6.45) is 7.69. The molecule has 1 atom stereocenters. The second-order valence-electron chi connectivity index (χ2n) is 5.59. The molecule has 16 heavy (non-hydrogen) atoms. The van der Waals surface area contributed by atoms with E-state index in [9.17, 15) is 0 Å². The van der Waals surface area contributed by atoms with Crippen molar-refractivity contribution >= 4 is 0 Å². The van der Waals surface area contributed by atoms with E-state index >= 15 is 0 Å². The van der Waals surface area contributed by atoms with Crippen LogP contribution in [0.4, 0.5) is 0 Å². The van der Waals surface area contributed by atoms with Gasteiger partial charge in [0.1, 0.15) is 12.2 Å². The lowest BCUT2D eigenvalue weighted by Crippen LogP contribution is -2.28. The van der Waals surface area contributed by atoms with Crippen LogP contribution in [0.15, 0.2) is 6.33 Å². The van der Waals surface area contributed by atoms with Gasteiger partial charge in [0.15, 0.2) is 0 Å². The average molecular weight is 222 g/mol. The van der Waals surface area contributed by atoms with Crippen molar-refractivity contribution in [1.29, 1.82) is 0 Å². The first kappa shape index (κ1) is 11.6. The standard InChI is InChI=1S/C12H22N4/c1-12(2)6-5-10(8-12)13-7-3-4-11-14-9-15-16-11/h9-10,13H,3-8H2,1-2H3,(H,14,15,16). The van der Waals surface area contributed by atoms with Crippen molar-refractivity contribution in [2.45, 2.75) is 52.0 Å². The number of hydrogen-bond donors (Lipinski definition) is 2. The van der Waals surface area contributed by atoms with Crippen molar-refractivity contribution in [3.63, 3.8) is 0 Å². The molecular weight excluding hydrogens is 200 g/mol. The van der Waals surface area contributed by atoms with E-state index in [0.29, 0.717) is 5.41 Å². The van der Waals surface area contributed by atoms with Crippen LogP contribution in [0.1, 0.15) is 45.4 Å². The summed E-state index contributed by atoms with van der Waals surface area (Å²) >= 11 is 0. The Morgan fingerprint density at radius 1 is 1.56 bits per heavy atom. The second kappa shape index (κ2) is 4.95. The molecule has 0 spiro atoms. The maximum absolute atomic E-state index is 4.11. The van der Waals surface area contributed by atoms with Gasteiger partial charge in [-0.1, -0.05) is 13.8 Å². The maximum Gasteiger partial charge on any atom is 0.137 e. The van der Waals surface area contributed by atoms with Crippen LogP contribution in [0.5, 0.6) is 0 Å². The van der Waals surface area contributed by atoms with Gasteiger partial charge in [0.25, 0.3) is 0 Å². The summed E-state index contributed by atoms with van der Waals surface area (Å²) < 4.78 is 0. The van der Waals surface area contributed by atoms with Crippen LogP contribution >= 0.6 is 0 Å². The van der Waals surface area contributed by atoms with Gasteiger partial charge in [0.2, 0.25) is 0 Å². The lowest BCUT2D eigenvalue weighted by Gasteiger charge is -2.17. The molecule has 1 heterocycles. The normalized spacial score (nSPS) is 23.8. The molecule has 1 aromatic heterocycles. The quantitative estimate of drug-likeness (QED) is 0.748. The Morgan fingerprint density at radius 3 is 3.06 bits per heavy atom. The Hall–Kier alpha value is -0.900. The fraction of sp³-hybridized carbons (Fsp3) is 0.833. The van der Waals surface area contributed by atoms with E-state index in [1.807, 2.05) is 0 Å². The fourth-order valence-corrected chi connectivity index (χ4v) is 2.52. The molecule has 1 unspecified atom stereocenters. The predicted octanol–water partition coefficient (Wildman–Crippen LogP) is 1.91. The third-order valence-electron chi connectivity index (χ3n) is 3.46. The van der Waals surface area contributed by atoms with Gasteiger partial charge in [-0.05, 0) is 37.6 Å². The predicted molar refractivity (Wildman–Crippen MR) is 64.1 cm³/mol. The highest BCUT2D eigenvalue weighted by atomic mass is 15.2. The Balaban J connectivity index is 1.59. The first-order valence-corrected chi connectivity index (χ1v) is 6.23. The molecule has 0 bridgehead atoms. The van der Waals surface area contributed by atoms with Crippen LogP contribution in [0, 0.1) is 5.41 Å². The fourth-order valence-electron chi connectivity index (χ4n) is 2.52. The van der Waals surface area contributed by atoms with E-state index < -0.39 is 0 Å². The molecule has 0 aromatic carbocycles. The van der Waals surface area contributed by atoms with Crippen molar-refractivity contribution < 1.29 is 0 Å². The summed E-state index contributed by atoms with van der Waals surface area (Å²) in [6, 6.07) is 0.727. The van der Waals surface area contributed by atoms with Gasteiger partial charge >= 0.3 is 0 Å². The van der Waals surface area contributed by atoms with Crippen LogP contribution in [0.3, 0.4) is 0 Å². The summed E-state index contributed by atoms with van der Waals surface area (Å²) in [5.74, 6) is 0.994. The number of rotatable bonds is 5. The van der Waals surface area contributed by atoms with E-state index in [1.54, 1.807) is 6.33 Å². The summed E-state index contributed by atoms with van der Waals surface area (Å²) in [5, 5.41) is 10.4. The summed E-state index contributed by atoms with van der Waals surface area (Å²) in [6.45, 7) is 5.81. The van der Waals surface area contributed by atoms with Gasteiger partial charge < -0.3 is 5.32 Å². The smallest absolute Gasteiger partial charge is 0.137 e. The van der Waals surface area contributed by atoms with E-state index in [0.717, 1.165) is 31.3 Å². The van der Waals surface area contributed by atoms with Crippen molar-refractivity contribution in [2.75, 3.05) is 6.54 Å². The summed E-state index contributed by atoms with van der Waals surface area (Å²) in [5.41, 5.74) is 0.544. The van der Waals surface area contributed by atoms with Gasteiger partial charge in [-0.3, -0.25) is 5.10 Å². The molecule has 90 valence electrons. The number of nitrogens with one attached hydrogen (secondary N) is 2. The molecule has 1 aliphatic rings. The number of H-pyrrole nitrogens is 1. The number of aromatic amines is 1. The highest BCUT2D eigenvalue weighted by Gasteiger charge is 2.30. The SMILES string of the molecule is CC1(C)CCC(NCCCc2ncn[nH]2)C1. The molecule has 0 radical (unpaired) electrons.